The summed E-state index contributed by atoms with van der Waals surface area (Å²) in [6.45, 7) is 3.96. The maximum atomic E-state index is 12.5. The van der Waals surface area contributed by atoms with E-state index in [0.717, 1.165) is 35.5 Å². The molecule has 3 aromatic rings. The van der Waals surface area contributed by atoms with E-state index in [0.29, 0.717) is 19.5 Å². The Morgan fingerprint density at radius 2 is 2.16 bits per heavy atom. The maximum absolute atomic E-state index is 12.5. The van der Waals surface area contributed by atoms with Crippen molar-refractivity contribution in [1.82, 2.24) is 29.9 Å². The fourth-order valence-electron chi connectivity index (χ4n) is 3.30. The largest absolute Gasteiger partial charge is 0.342 e. The van der Waals surface area contributed by atoms with Crippen LogP contribution in [-0.4, -0.2) is 48.9 Å². The SMILES string of the molecule is Cc1ccnc([C@@H]2CCN(C(=O)CCn3nnc4ccccc43)C2)n1. The van der Waals surface area contributed by atoms with Gasteiger partial charge in [-0.05, 0) is 31.5 Å². The van der Waals surface area contributed by atoms with Crippen LogP contribution in [0.25, 0.3) is 11.0 Å². The molecule has 1 atom stereocenters. The van der Waals surface area contributed by atoms with E-state index in [1.807, 2.05) is 42.2 Å². The molecule has 0 unspecified atom stereocenters. The average molecular weight is 336 g/mol. The van der Waals surface area contributed by atoms with Gasteiger partial charge in [-0.25, -0.2) is 14.6 Å². The van der Waals surface area contributed by atoms with Crippen molar-refractivity contribution in [3.8, 4) is 0 Å². The number of hydrogen-bond donors (Lipinski definition) is 0. The zero-order chi connectivity index (χ0) is 17.2. The lowest BCUT2D eigenvalue weighted by Crippen LogP contribution is -2.29. The van der Waals surface area contributed by atoms with Gasteiger partial charge in [-0.1, -0.05) is 17.3 Å². The smallest absolute Gasteiger partial charge is 0.224 e. The molecule has 1 amide bonds. The zero-order valence-corrected chi connectivity index (χ0v) is 14.2. The number of amides is 1. The van der Waals surface area contributed by atoms with Crippen molar-refractivity contribution >= 4 is 16.9 Å². The van der Waals surface area contributed by atoms with Gasteiger partial charge in [0.1, 0.15) is 11.3 Å². The van der Waals surface area contributed by atoms with Crippen molar-refractivity contribution in [3.63, 3.8) is 0 Å². The maximum Gasteiger partial charge on any atom is 0.224 e. The summed E-state index contributed by atoms with van der Waals surface area (Å²) in [4.78, 5) is 23.3. The number of aromatic nitrogens is 5. The molecule has 2 aromatic heterocycles. The van der Waals surface area contributed by atoms with E-state index in [2.05, 4.69) is 20.3 Å². The van der Waals surface area contributed by atoms with Crippen molar-refractivity contribution in [3.05, 3.63) is 48.0 Å². The van der Waals surface area contributed by atoms with E-state index in [1.165, 1.54) is 0 Å². The van der Waals surface area contributed by atoms with E-state index in [1.54, 1.807) is 10.9 Å². The fraction of sp³-hybridized carbons (Fsp3) is 0.389. The lowest BCUT2D eigenvalue weighted by atomic mass is 10.1. The van der Waals surface area contributed by atoms with Gasteiger partial charge >= 0.3 is 0 Å². The standard InChI is InChI=1S/C18H20N6O/c1-13-6-9-19-18(20-13)14-7-10-23(12-14)17(25)8-11-24-16-5-3-2-4-15(16)21-22-24/h2-6,9,14H,7-8,10-12H2,1H3/t14-/m1/s1. The third-order valence-corrected chi connectivity index (χ3v) is 4.68. The zero-order valence-electron chi connectivity index (χ0n) is 14.2. The number of likely N-dealkylation sites (tertiary alicyclic amines) is 1. The van der Waals surface area contributed by atoms with Crippen LogP contribution >= 0.6 is 0 Å². The third-order valence-electron chi connectivity index (χ3n) is 4.68. The predicted molar refractivity (Wildman–Crippen MR) is 92.9 cm³/mol. The summed E-state index contributed by atoms with van der Waals surface area (Å²) in [5, 5.41) is 8.27. The number of hydrogen-bond acceptors (Lipinski definition) is 5. The monoisotopic (exact) mass is 336 g/mol. The van der Waals surface area contributed by atoms with Crippen LogP contribution in [0.15, 0.2) is 36.5 Å². The molecular formula is C18H20N6O. The number of carbonyl (C=O) groups is 1. The quantitative estimate of drug-likeness (QED) is 0.728. The first-order valence-electron chi connectivity index (χ1n) is 8.56. The van der Waals surface area contributed by atoms with Gasteiger partial charge < -0.3 is 4.90 Å². The second kappa shape index (κ2) is 6.58. The topological polar surface area (TPSA) is 76.8 Å². The molecule has 0 bridgehead atoms. The van der Waals surface area contributed by atoms with Crippen molar-refractivity contribution in [1.29, 1.82) is 0 Å². The normalized spacial score (nSPS) is 17.3. The van der Waals surface area contributed by atoms with Crippen molar-refractivity contribution in [2.45, 2.75) is 32.2 Å². The molecular weight excluding hydrogens is 316 g/mol. The highest BCUT2D eigenvalue weighted by atomic mass is 16.2. The Morgan fingerprint density at radius 1 is 1.28 bits per heavy atom. The van der Waals surface area contributed by atoms with Gasteiger partial charge in [0.2, 0.25) is 5.91 Å². The molecule has 1 aliphatic rings. The predicted octanol–water partition coefficient (Wildman–Crippen LogP) is 1.94. The molecule has 0 saturated carbocycles. The van der Waals surface area contributed by atoms with Crippen LogP contribution in [0, 0.1) is 6.92 Å². The third kappa shape index (κ3) is 3.22. The van der Waals surface area contributed by atoms with E-state index in [9.17, 15) is 4.79 Å². The Bertz CT molecular complexity index is 905. The summed E-state index contributed by atoms with van der Waals surface area (Å²) < 4.78 is 1.80. The van der Waals surface area contributed by atoms with Crippen molar-refractivity contribution in [2.24, 2.45) is 0 Å². The first kappa shape index (κ1) is 15.7. The summed E-state index contributed by atoms with van der Waals surface area (Å²) in [7, 11) is 0. The van der Waals surface area contributed by atoms with Crippen LogP contribution in [0.5, 0.6) is 0 Å². The Balaban J connectivity index is 1.37. The number of carbonyl (C=O) groups excluding carboxylic acids is 1. The van der Waals surface area contributed by atoms with Crippen LogP contribution in [0.4, 0.5) is 0 Å². The second-order valence-electron chi connectivity index (χ2n) is 6.43. The summed E-state index contributed by atoms with van der Waals surface area (Å²) in [6.07, 6.45) is 3.13. The molecule has 25 heavy (non-hydrogen) atoms. The lowest BCUT2D eigenvalue weighted by Gasteiger charge is -2.16. The molecule has 1 saturated heterocycles. The van der Waals surface area contributed by atoms with Gasteiger partial charge in [0.05, 0.1) is 12.1 Å². The van der Waals surface area contributed by atoms with Crippen LogP contribution in [-0.2, 0) is 11.3 Å². The summed E-state index contributed by atoms with van der Waals surface area (Å²) >= 11 is 0. The molecule has 0 N–H and O–H groups in total. The molecule has 4 rings (SSSR count). The van der Waals surface area contributed by atoms with Gasteiger partial charge in [-0.15, -0.1) is 5.10 Å². The number of benzene rings is 1. The molecule has 1 fully saturated rings. The Hall–Kier alpha value is -2.83. The van der Waals surface area contributed by atoms with Crippen LogP contribution < -0.4 is 0 Å². The van der Waals surface area contributed by atoms with E-state index < -0.39 is 0 Å². The van der Waals surface area contributed by atoms with Crippen molar-refractivity contribution < 1.29 is 4.79 Å². The van der Waals surface area contributed by atoms with Gasteiger partial charge in [0, 0.05) is 37.3 Å². The molecule has 0 radical (unpaired) electrons. The minimum atomic E-state index is 0.148. The highest BCUT2D eigenvalue weighted by molar-refractivity contribution is 5.77. The molecule has 128 valence electrons. The Labute approximate surface area is 145 Å². The Kier molecular flexibility index (Phi) is 4.13. The van der Waals surface area contributed by atoms with Crippen LogP contribution in [0.1, 0.15) is 30.3 Å². The summed E-state index contributed by atoms with van der Waals surface area (Å²) in [5.74, 6) is 1.23. The number of nitrogens with zero attached hydrogens (tertiary/aromatic N) is 6. The Morgan fingerprint density at radius 3 is 3.04 bits per heavy atom. The second-order valence-corrected chi connectivity index (χ2v) is 6.43. The first-order valence-corrected chi connectivity index (χ1v) is 8.56. The average Bonchev–Trinajstić information content (AvgIpc) is 3.27. The molecule has 7 nitrogen and oxygen atoms in total. The first-order chi connectivity index (χ1) is 12.2. The summed E-state index contributed by atoms with van der Waals surface area (Å²) in [5.41, 5.74) is 2.78. The highest BCUT2D eigenvalue weighted by Gasteiger charge is 2.28. The number of aryl methyl sites for hydroxylation is 2. The molecule has 1 aromatic carbocycles. The molecule has 1 aliphatic heterocycles. The number of rotatable bonds is 4. The van der Waals surface area contributed by atoms with Gasteiger partial charge in [0.25, 0.3) is 0 Å². The highest BCUT2D eigenvalue weighted by Crippen LogP contribution is 2.25. The molecule has 0 aliphatic carbocycles. The van der Waals surface area contributed by atoms with Gasteiger partial charge in [-0.3, -0.25) is 4.79 Å². The molecule has 0 spiro atoms. The molecule has 3 heterocycles. The fourth-order valence-corrected chi connectivity index (χ4v) is 3.30. The number of fused-ring (bicyclic) bond motifs is 1. The molecule has 7 heteroatoms. The van der Waals surface area contributed by atoms with Crippen LogP contribution in [0.2, 0.25) is 0 Å². The van der Waals surface area contributed by atoms with E-state index in [4.69, 9.17) is 0 Å². The van der Waals surface area contributed by atoms with E-state index >= 15 is 0 Å². The minimum Gasteiger partial charge on any atom is -0.342 e. The summed E-state index contributed by atoms with van der Waals surface area (Å²) in [6, 6.07) is 9.68. The van der Waals surface area contributed by atoms with Crippen molar-refractivity contribution in [2.75, 3.05) is 13.1 Å². The van der Waals surface area contributed by atoms with E-state index in [-0.39, 0.29) is 11.8 Å². The van der Waals surface area contributed by atoms with Crippen LogP contribution in [0.3, 0.4) is 0 Å². The lowest BCUT2D eigenvalue weighted by molar-refractivity contribution is -0.130. The van der Waals surface area contributed by atoms with Gasteiger partial charge in [0.15, 0.2) is 0 Å². The number of para-hydroxylation sites is 1. The minimum absolute atomic E-state index is 0.148. The van der Waals surface area contributed by atoms with Gasteiger partial charge in [-0.2, -0.15) is 0 Å².